The first kappa shape index (κ1) is 16.9. The van der Waals surface area contributed by atoms with Crippen LogP contribution in [-0.4, -0.2) is 21.4 Å². The maximum absolute atomic E-state index is 5.86. The minimum atomic E-state index is 0.0559. The number of hydrogen-bond acceptors (Lipinski definition) is 5. The Labute approximate surface area is 160 Å². The molecule has 6 nitrogen and oxygen atoms in total. The van der Waals surface area contributed by atoms with Gasteiger partial charge in [-0.25, -0.2) is 4.68 Å². The van der Waals surface area contributed by atoms with Crippen LogP contribution in [0.4, 0.5) is 11.9 Å². The Hall–Kier alpha value is -2.54. The average Bonchev–Trinajstić information content (AvgIpc) is 3.02. The fraction of sp³-hybridized carbons (Fsp3) is 0.263. The van der Waals surface area contributed by atoms with Crippen LogP contribution in [0.2, 0.25) is 0 Å². The van der Waals surface area contributed by atoms with Crippen molar-refractivity contribution in [2.75, 3.05) is 17.7 Å². The maximum atomic E-state index is 5.86. The van der Waals surface area contributed by atoms with Gasteiger partial charge in [0, 0.05) is 4.47 Å². The predicted octanol–water partition coefficient (Wildman–Crippen LogP) is 4.17. The SMILES string of the molecule is CCOc1ccc([C@H]2C[C@@H](c3ccc(Br)cc3)Nc3nc(N)nn32)cc1. The summed E-state index contributed by atoms with van der Waals surface area (Å²) in [5.74, 6) is 1.84. The summed E-state index contributed by atoms with van der Waals surface area (Å²) in [6.45, 7) is 2.64. The molecule has 134 valence electrons. The Morgan fingerprint density at radius 1 is 1.15 bits per heavy atom. The summed E-state index contributed by atoms with van der Waals surface area (Å²) in [7, 11) is 0. The fourth-order valence-electron chi connectivity index (χ4n) is 3.34. The molecule has 0 saturated carbocycles. The topological polar surface area (TPSA) is 78.0 Å². The minimum Gasteiger partial charge on any atom is -0.494 e. The summed E-state index contributed by atoms with van der Waals surface area (Å²) in [6.07, 6.45) is 0.853. The number of hydrogen-bond donors (Lipinski definition) is 2. The molecular weight excluding hydrogens is 394 g/mol. The molecule has 7 heteroatoms. The molecule has 2 atom stereocenters. The van der Waals surface area contributed by atoms with Gasteiger partial charge in [-0.1, -0.05) is 40.2 Å². The zero-order chi connectivity index (χ0) is 18.1. The summed E-state index contributed by atoms with van der Waals surface area (Å²) < 4.78 is 8.49. The van der Waals surface area contributed by atoms with Gasteiger partial charge in [-0.15, -0.1) is 5.10 Å². The molecule has 0 spiro atoms. The van der Waals surface area contributed by atoms with E-state index in [9.17, 15) is 0 Å². The van der Waals surface area contributed by atoms with E-state index in [1.165, 1.54) is 5.56 Å². The molecule has 2 aromatic carbocycles. The average molecular weight is 414 g/mol. The maximum Gasteiger partial charge on any atom is 0.241 e. The molecular formula is C19H20BrN5O. The van der Waals surface area contributed by atoms with Gasteiger partial charge in [0.2, 0.25) is 11.9 Å². The molecule has 26 heavy (non-hydrogen) atoms. The van der Waals surface area contributed by atoms with Gasteiger partial charge in [-0.2, -0.15) is 4.98 Å². The number of nitrogens with zero attached hydrogens (tertiary/aromatic N) is 3. The van der Waals surface area contributed by atoms with E-state index in [0.717, 1.165) is 22.2 Å². The summed E-state index contributed by atoms with van der Waals surface area (Å²) in [5, 5.41) is 7.85. The van der Waals surface area contributed by atoms with Crippen LogP contribution in [-0.2, 0) is 0 Å². The quantitative estimate of drug-likeness (QED) is 0.670. The molecule has 0 bridgehead atoms. The monoisotopic (exact) mass is 413 g/mol. The van der Waals surface area contributed by atoms with E-state index in [-0.39, 0.29) is 18.0 Å². The number of nitrogens with one attached hydrogen (secondary N) is 1. The van der Waals surface area contributed by atoms with Gasteiger partial charge in [0.25, 0.3) is 0 Å². The zero-order valence-electron chi connectivity index (χ0n) is 14.4. The van der Waals surface area contributed by atoms with Crippen molar-refractivity contribution < 1.29 is 4.74 Å². The van der Waals surface area contributed by atoms with Crippen molar-refractivity contribution in [1.29, 1.82) is 0 Å². The van der Waals surface area contributed by atoms with E-state index in [2.05, 4.69) is 67.7 Å². The van der Waals surface area contributed by atoms with E-state index >= 15 is 0 Å². The molecule has 4 rings (SSSR count). The normalized spacial score (nSPS) is 18.8. The van der Waals surface area contributed by atoms with Crippen LogP contribution in [0, 0.1) is 0 Å². The van der Waals surface area contributed by atoms with Crippen molar-refractivity contribution in [3.05, 3.63) is 64.1 Å². The molecule has 0 saturated heterocycles. The van der Waals surface area contributed by atoms with Crippen LogP contribution < -0.4 is 15.8 Å². The van der Waals surface area contributed by atoms with Gasteiger partial charge >= 0.3 is 0 Å². The lowest BCUT2D eigenvalue weighted by Crippen LogP contribution is -2.28. The first-order valence-corrected chi connectivity index (χ1v) is 9.40. The molecule has 0 unspecified atom stereocenters. The van der Waals surface area contributed by atoms with Crippen LogP contribution in [0.25, 0.3) is 0 Å². The number of benzene rings is 2. The molecule has 3 N–H and O–H groups in total. The Morgan fingerprint density at radius 3 is 2.54 bits per heavy atom. The van der Waals surface area contributed by atoms with E-state index in [0.29, 0.717) is 12.6 Å². The first-order chi connectivity index (χ1) is 12.6. The molecule has 1 aliphatic heterocycles. The van der Waals surface area contributed by atoms with E-state index < -0.39 is 0 Å². The Morgan fingerprint density at radius 2 is 1.85 bits per heavy atom. The standard InChI is InChI=1S/C19H20BrN5O/c1-2-26-15-9-5-13(6-10-15)17-11-16(12-3-7-14(20)8-4-12)22-19-23-18(21)24-25(17)19/h3-10,16-17H,2,11H2,1H3,(H3,21,22,23,24)/t16-,17+/m0/s1. The van der Waals surface area contributed by atoms with E-state index in [1.807, 2.05) is 23.7 Å². The number of fused-ring (bicyclic) bond motifs is 1. The number of ether oxygens (including phenoxy) is 1. The van der Waals surface area contributed by atoms with Crippen LogP contribution >= 0.6 is 15.9 Å². The number of anilines is 2. The van der Waals surface area contributed by atoms with E-state index in [4.69, 9.17) is 10.5 Å². The number of nitrogen functional groups attached to an aromatic ring is 1. The largest absolute Gasteiger partial charge is 0.494 e. The highest BCUT2D eigenvalue weighted by molar-refractivity contribution is 9.10. The van der Waals surface area contributed by atoms with Crippen LogP contribution in [0.5, 0.6) is 5.75 Å². The summed E-state index contributed by atoms with van der Waals surface area (Å²) in [6, 6.07) is 16.7. The Kier molecular flexibility index (Phi) is 4.55. The highest BCUT2D eigenvalue weighted by Crippen LogP contribution is 2.38. The van der Waals surface area contributed by atoms with Gasteiger partial charge in [0.15, 0.2) is 0 Å². The predicted molar refractivity (Wildman–Crippen MR) is 105 cm³/mol. The van der Waals surface area contributed by atoms with Crippen molar-refractivity contribution in [3.63, 3.8) is 0 Å². The lowest BCUT2D eigenvalue weighted by atomic mass is 9.93. The second-order valence-electron chi connectivity index (χ2n) is 6.24. The molecule has 3 aromatic rings. The van der Waals surface area contributed by atoms with E-state index in [1.54, 1.807) is 0 Å². The van der Waals surface area contributed by atoms with Gasteiger partial charge in [0.05, 0.1) is 18.7 Å². The molecule has 2 heterocycles. The van der Waals surface area contributed by atoms with Crippen LogP contribution in [0.3, 0.4) is 0 Å². The molecule has 0 aliphatic carbocycles. The smallest absolute Gasteiger partial charge is 0.241 e. The summed E-state index contributed by atoms with van der Waals surface area (Å²) in [5.41, 5.74) is 8.22. The Balaban J connectivity index is 1.69. The van der Waals surface area contributed by atoms with Gasteiger partial charge in [-0.3, -0.25) is 0 Å². The third-order valence-electron chi connectivity index (χ3n) is 4.55. The Bertz CT molecular complexity index is 891. The third kappa shape index (κ3) is 3.26. The zero-order valence-corrected chi connectivity index (χ0v) is 16.0. The van der Waals surface area contributed by atoms with Crippen molar-refractivity contribution in [3.8, 4) is 5.75 Å². The lowest BCUT2D eigenvalue weighted by Gasteiger charge is -2.31. The second kappa shape index (κ2) is 6.99. The van der Waals surface area contributed by atoms with Crippen molar-refractivity contribution in [2.45, 2.75) is 25.4 Å². The van der Waals surface area contributed by atoms with Gasteiger partial charge < -0.3 is 15.8 Å². The number of nitrogens with two attached hydrogens (primary N) is 1. The molecule has 0 fully saturated rings. The van der Waals surface area contributed by atoms with Crippen molar-refractivity contribution >= 4 is 27.8 Å². The van der Waals surface area contributed by atoms with Gasteiger partial charge in [0.1, 0.15) is 5.75 Å². The van der Waals surface area contributed by atoms with Gasteiger partial charge in [-0.05, 0) is 48.7 Å². The van der Waals surface area contributed by atoms with Crippen LogP contribution in [0.1, 0.15) is 36.6 Å². The number of rotatable bonds is 4. The highest BCUT2D eigenvalue weighted by atomic mass is 79.9. The molecule has 0 amide bonds. The minimum absolute atomic E-state index is 0.0559. The molecule has 1 aromatic heterocycles. The highest BCUT2D eigenvalue weighted by Gasteiger charge is 2.30. The summed E-state index contributed by atoms with van der Waals surface area (Å²) in [4.78, 5) is 4.35. The van der Waals surface area contributed by atoms with Crippen molar-refractivity contribution in [1.82, 2.24) is 14.8 Å². The second-order valence-corrected chi connectivity index (χ2v) is 7.16. The first-order valence-electron chi connectivity index (χ1n) is 8.61. The molecule has 0 radical (unpaired) electrons. The summed E-state index contributed by atoms with van der Waals surface area (Å²) >= 11 is 3.49. The van der Waals surface area contributed by atoms with Crippen molar-refractivity contribution in [2.24, 2.45) is 0 Å². The lowest BCUT2D eigenvalue weighted by molar-refractivity contribution is 0.340. The fourth-order valence-corrected chi connectivity index (χ4v) is 3.60. The number of aromatic nitrogens is 3. The third-order valence-corrected chi connectivity index (χ3v) is 5.08. The number of halogens is 1. The van der Waals surface area contributed by atoms with Crippen LogP contribution in [0.15, 0.2) is 53.0 Å². The molecule has 1 aliphatic rings.